The molecule has 17 heavy (non-hydrogen) atoms. The molecule has 1 rings (SSSR count). The van der Waals surface area contributed by atoms with Gasteiger partial charge in [-0.2, -0.15) is 0 Å². The van der Waals surface area contributed by atoms with Crippen molar-refractivity contribution in [1.82, 2.24) is 5.32 Å². The highest BCUT2D eigenvalue weighted by Crippen LogP contribution is 2.16. The molecule has 0 fully saturated rings. The first-order valence-corrected chi connectivity index (χ1v) is 6.38. The second-order valence-corrected chi connectivity index (χ2v) is 4.71. The summed E-state index contributed by atoms with van der Waals surface area (Å²) in [6.45, 7) is 6.49. The number of methoxy groups -OCH3 is 1. The lowest BCUT2D eigenvalue weighted by Crippen LogP contribution is -2.40. The number of aryl methyl sites for hydroxylation is 2. The smallest absolute Gasteiger partial charge is 0.0724 e. The van der Waals surface area contributed by atoms with Crippen molar-refractivity contribution in [1.29, 1.82) is 0 Å². The maximum atomic E-state index is 5.53. The third-order valence-corrected chi connectivity index (χ3v) is 3.47. The van der Waals surface area contributed by atoms with Gasteiger partial charge >= 0.3 is 0 Å². The Balaban J connectivity index is 2.83. The second-order valence-electron chi connectivity index (χ2n) is 4.71. The lowest BCUT2D eigenvalue weighted by atomic mass is 9.95. The van der Waals surface area contributed by atoms with Crippen LogP contribution in [0, 0.1) is 13.8 Å². The second kappa shape index (κ2) is 6.77. The van der Waals surface area contributed by atoms with Crippen molar-refractivity contribution in [2.24, 2.45) is 0 Å². The van der Waals surface area contributed by atoms with Gasteiger partial charge in [-0.15, -0.1) is 0 Å². The van der Waals surface area contributed by atoms with Crippen LogP contribution in [-0.2, 0) is 11.2 Å². The van der Waals surface area contributed by atoms with Gasteiger partial charge in [0.05, 0.1) is 6.10 Å². The van der Waals surface area contributed by atoms with E-state index in [9.17, 15) is 0 Å². The average molecular weight is 235 g/mol. The predicted molar refractivity (Wildman–Crippen MR) is 73.6 cm³/mol. The van der Waals surface area contributed by atoms with Crippen LogP contribution in [0.4, 0.5) is 0 Å². The van der Waals surface area contributed by atoms with Crippen LogP contribution in [0.25, 0.3) is 0 Å². The first-order chi connectivity index (χ1) is 8.12. The van der Waals surface area contributed by atoms with Gasteiger partial charge in [0.1, 0.15) is 0 Å². The Morgan fingerprint density at radius 3 is 2.53 bits per heavy atom. The van der Waals surface area contributed by atoms with E-state index in [1.165, 1.54) is 16.7 Å². The van der Waals surface area contributed by atoms with Crippen LogP contribution in [0.1, 0.15) is 30.0 Å². The molecule has 0 radical (unpaired) electrons. The van der Waals surface area contributed by atoms with Gasteiger partial charge in [-0.3, -0.25) is 0 Å². The molecular weight excluding hydrogens is 210 g/mol. The van der Waals surface area contributed by atoms with Crippen molar-refractivity contribution in [2.45, 2.75) is 45.8 Å². The topological polar surface area (TPSA) is 21.3 Å². The minimum atomic E-state index is 0.278. The van der Waals surface area contributed by atoms with E-state index in [0.29, 0.717) is 6.04 Å². The molecule has 0 bridgehead atoms. The van der Waals surface area contributed by atoms with Gasteiger partial charge < -0.3 is 10.1 Å². The van der Waals surface area contributed by atoms with Gasteiger partial charge in [-0.05, 0) is 44.9 Å². The van der Waals surface area contributed by atoms with Gasteiger partial charge in [0.15, 0.2) is 0 Å². The van der Waals surface area contributed by atoms with Crippen LogP contribution < -0.4 is 5.32 Å². The Morgan fingerprint density at radius 1 is 1.29 bits per heavy atom. The van der Waals surface area contributed by atoms with Gasteiger partial charge in [0.25, 0.3) is 0 Å². The number of rotatable bonds is 6. The summed E-state index contributed by atoms with van der Waals surface area (Å²) in [4.78, 5) is 0. The largest absolute Gasteiger partial charge is 0.380 e. The van der Waals surface area contributed by atoms with Crippen LogP contribution in [0.15, 0.2) is 18.2 Å². The molecule has 0 heterocycles. The zero-order valence-electron chi connectivity index (χ0n) is 11.7. The summed E-state index contributed by atoms with van der Waals surface area (Å²) in [5.74, 6) is 0. The highest BCUT2D eigenvalue weighted by Gasteiger charge is 2.18. The van der Waals surface area contributed by atoms with Crippen molar-refractivity contribution in [3.63, 3.8) is 0 Å². The van der Waals surface area contributed by atoms with Crippen molar-refractivity contribution >= 4 is 0 Å². The molecule has 0 saturated carbocycles. The van der Waals surface area contributed by atoms with Crippen molar-refractivity contribution in [3.05, 3.63) is 34.9 Å². The molecule has 0 amide bonds. The molecule has 1 aromatic carbocycles. The van der Waals surface area contributed by atoms with Crippen molar-refractivity contribution in [3.8, 4) is 0 Å². The summed E-state index contributed by atoms with van der Waals surface area (Å²) in [6.07, 6.45) is 2.34. The molecule has 0 aliphatic carbocycles. The quantitative estimate of drug-likeness (QED) is 0.818. The number of likely N-dealkylation sites (N-methyl/N-ethyl adjacent to an activating group) is 1. The number of hydrogen-bond acceptors (Lipinski definition) is 2. The number of hydrogen-bond donors (Lipinski definition) is 1. The Bertz CT molecular complexity index is 345. The Hall–Kier alpha value is -0.860. The van der Waals surface area contributed by atoms with E-state index in [2.05, 4.69) is 44.3 Å². The molecule has 1 N–H and O–H groups in total. The van der Waals surface area contributed by atoms with Crippen molar-refractivity contribution < 1.29 is 4.74 Å². The SMILES string of the molecule is CCC(OC)C(Cc1cc(C)ccc1C)NC. The zero-order chi connectivity index (χ0) is 12.8. The average Bonchev–Trinajstić information content (AvgIpc) is 2.33. The number of benzene rings is 1. The van der Waals surface area contributed by atoms with Crippen LogP contribution in [0.3, 0.4) is 0 Å². The van der Waals surface area contributed by atoms with E-state index in [-0.39, 0.29) is 6.10 Å². The minimum Gasteiger partial charge on any atom is -0.380 e. The van der Waals surface area contributed by atoms with Crippen LogP contribution in [0.5, 0.6) is 0 Å². The fraction of sp³-hybridized carbons (Fsp3) is 0.600. The van der Waals surface area contributed by atoms with Gasteiger partial charge in [0, 0.05) is 13.2 Å². The van der Waals surface area contributed by atoms with E-state index in [1.54, 1.807) is 7.11 Å². The number of nitrogens with one attached hydrogen (secondary N) is 1. The Labute approximate surface area is 105 Å². The first kappa shape index (κ1) is 14.2. The van der Waals surface area contributed by atoms with Crippen LogP contribution in [0.2, 0.25) is 0 Å². The molecule has 0 aliphatic heterocycles. The first-order valence-electron chi connectivity index (χ1n) is 6.38. The van der Waals surface area contributed by atoms with E-state index in [1.807, 2.05) is 7.05 Å². The van der Waals surface area contributed by atoms with E-state index in [4.69, 9.17) is 4.74 Å². The molecule has 0 aliphatic rings. The predicted octanol–water partition coefficient (Wildman–Crippen LogP) is 2.86. The summed E-state index contributed by atoms with van der Waals surface area (Å²) >= 11 is 0. The maximum Gasteiger partial charge on any atom is 0.0724 e. The molecule has 1 aromatic rings. The highest BCUT2D eigenvalue weighted by atomic mass is 16.5. The lowest BCUT2D eigenvalue weighted by molar-refractivity contribution is 0.0677. The summed E-state index contributed by atoms with van der Waals surface area (Å²) < 4.78 is 5.53. The van der Waals surface area contributed by atoms with E-state index >= 15 is 0 Å². The molecular formula is C15H25NO. The maximum absolute atomic E-state index is 5.53. The lowest BCUT2D eigenvalue weighted by Gasteiger charge is -2.25. The van der Waals surface area contributed by atoms with E-state index in [0.717, 1.165) is 12.8 Å². The molecule has 2 nitrogen and oxygen atoms in total. The fourth-order valence-electron chi connectivity index (χ4n) is 2.29. The Kier molecular flexibility index (Phi) is 5.66. The highest BCUT2D eigenvalue weighted by molar-refractivity contribution is 5.31. The number of ether oxygens (including phenoxy) is 1. The van der Waals surface area contributed by atoms with Gasteiger partial charge in [-0.1, -0.05) is 30.7 Å². The van der Waals surface area contributed by atoms with E-state index < -0.39 is 0 Å². The summed E-state index contributed by atoms with van der Waals surface area (Å²) in [5, 5.41) is 3.37. The third-order valence-electron chi connectivity index (χ3n) is 3.47. The monoisotopic (exact) mass is 235 g/mol. The van der Waals surface area contributed by atoms with Crippen LogP contribution >= 0.6 is 0 Å². The minimum absolute atomic E-state index is 0.278. The van der Waals surface area contributed by atoms with Crippen LogP contribution in [-0.4, -0.2) is 26.3 Å². The zero-order valence-corrected chi connectivity index (χ0v) is 11.7. The summed E-state index contributed by atoms with van der Waals surface area (Å²) in [7, 11) is 3.80. The third kappa shape index (κ3) is 3.83. The summed E-state index contributed by atoms with van der Waals surface area (Å²) in [5.41, 5.74) is 4.10. The summed E-state index contributed by atoms with van der Waals surface area (Å²) in [6, 6.07) is 7.03. The standard InChI is InChI=1S/C15H25NO/c1-6-15(17-5)14(16-4)10-13-9-11(2)7-8-12(13)3/h7-9,14-16H,6,10H2,1-5H3. The molecule has 0 spiro atoms. The fourth-order valence-corrected chi connectivity index (χ4v) is 2.29. The molecule has 0 saturated heterocycles. The molecule has 96 valence electrons. The van der Waals surface area contributed by atoms with Gasteiger partial charge in [0.2, 0.25) is 0 Å². The molecule has 2 unspecified atom stereocenters. The molecule has 0 aromatic heterocycles. The normalized spacial score (nSPS) is 14.6. The van der Waals surface area contributed by atoms with Crippen molar-refractivity contribution in [2.75, 3.05) is 14.2 Å². The van der Waals surface area contributed by atoms with Gasteiger partial charge in [-0.25, -0.2) is 0 Å². The molecule has 2 heteroatoms. The Morgan fingerprint density at radius 2 is 2.00 bits per heavy atom. The molecule has 2 atom stereocenters.